The van der Waals surface area contributed by atoms with Crippen LogP contribution in [0.25, 0.3) is 11.3 Å². The first-order valence-corrected chi connectivity index (χ1v) is 8.58. The third kappa shape index (κ3) is 4.88. The molecule has 5 nitrogen and oxygen atoms in total. The molecule has 0 aliphatic rings. The van der Waals surface area contributed by atoms with Crippen LogP contribution in [0.2, 0.25) is 0 Å². The summed E-state index contributed by atoms with van der Waals surface area (Å²) in [5, 5.41) is 5.41. The summed E-state index contributed by atoms with van der Waals surface area (Å²) in [6, 6.07) is 16.3. The van der Waals surface area contributed by atoms with Crippen molar-refractivity contribution in [1.82, 2.24) is 10.3 Å². The predicted molar refractivity (Wildman–Crippen MR) is 106 cm³/mol. The lowest BCUT2D eigenvalue weighted by molar-refractivity contribution is -0.116. The number of nitrogens with zero attached hydrogens (tertiary/aromatic N) is 1. The second-order valence-electron chi connectivity index (χ2n) is 6.01. The molecule has 0 unspecified atom stereocenters. The Hall–Kier alpha value is -3.80. The van der Waals surface area contributed by atoms with Crippen LogP contribution in [-0.4, -0.2) is 16.8 Å². The van der Waals surface area contributed by atoms with E-state index < -0.39 is 0 Å². The summed E-state index contributed by atoms with van der Waals surface area (Å²) >= 11 is 0. The number of carbonyl (C=O) groups is 2. The number of amides is 2. The fraction of sp³-hybridized carbons (Fsp3) is 0.0455. The largest absolute Gasteiger partial charge is 0.348 e. The first kappa shape index (κ1) is 19.0. The molecule has 6 heteroatoms. The molecule has 0 saturated heterocycles. The Balaban J connectivity index is 1.64. The molecular formula is C22H18FN3O2. The molecule has 1 aromatic heterocycles. The van der Waals surface area contributed by atoms with E-state index in [1.165, 1.54) is 30.3 Å². The lowest BCUT2D eigenvalue weighted by atomic mass is 10.1. The molecule has 2 N–H and O–H groups in total. The average molecular weight is 375 g/mol. The van der Waals surface area contributed by atoms with Gasteiger partial charge in [-0.2, -0.15) is 0 Å². The number of anilines is 1. The fourth-order valence-electron chi connectivity index (χ4n) is 2.49. The molecule has 0 atom stereocenters. The summed E-state index contributed by atoms with van der Waals surface area (Å²) in [6.07, 6.45) is 2.91. The normalized spacial score (nSPS) is 10.2. The Morgan fingerprint density at radius 2 is 1.71 bits per heavy atom. The molecule has 1 heterocycles. The molecule has 3 aromatic rings. The van der Waals surface area contributed by atoms with E-state index in [0.29, 0.717) is 17.8 Å². The standard InChI is InChI=1S/C22H18FN3O2/c1-2-21(27)25-14-15-3-12-20(24-13-15)16-4-6-17(7-5-16)22(28)26-19-10-8-18(23)9-11-19/h2-13H,1,14H2,(H,25,27)(H,26,28). The minimum absolute atomic E-state index is 0.237. The highest BCUT2D eigenvalue weighted by Gasteiger charge is 2.07. The minimum atomic E-state index is -0.357. The lowest BCUT2D eigenvalue weighted by Gasteiger charge is -2.07. The molecule has 2 aromatic carbocycles. The maximum absolute atomic E-state index is 12.9. The number of hydrogen-bond acceptors (Lipinski definition) is 3. The van der Waals surface area contributed by atoms with Gasteiger partial charge in [-0.05, 0) is 54.1 Å². The van der Waals surface area contributed by atoms with E-state index in [1.54, 1.807) is 30.5 Å². The lowest BCUT2D eigenvalue weighted by Crippen LogP contribution is -2.19. The second-order valence-corrected chi connectivity index (χ2v) is 6.01. The van der Waals surface area contributed by atoms with Crippen molar-refractivity contribution >= 4 is 17.5 Å². The van der Waals surface area contributed by atoms with Crippen molar-refractivity contribution in [3.63, 3.8) is 0 Å². The van der Waals surface area contributed by atoms with Gasteiger partial charge in [0, 0.05) is 29.6 Å². The highest BCUT2D eigenvalue weighted by atomic mass is 19.1. The number of nitrogens with one attached hydrogen (secondary N) is 2. The van der Waals surface area contributed by atoms with Crippen LogP contribution in [0, 0.1) is 5.82 Å². The monoisotopic (exact) mass is 375 g/mol. The zero-order chi connectivity index (χ0) is 19.9. The molecule has 0 aliphatic carbocycles. The van der Waals surface area contributed by atoms with Crippen molar-refractivity contribution in [1.29, 1.82) is 0 Å². The third-order valence-electron chi connectivity index (χ3n) is 4.02. The number of carbonyl (C=O) groups excluding carboxylic acids is 2. The van der Waals surface area contributed by atoms with Gasteiger partial charge in [-0.15, -0.1) is 0 Å². The number of hydrogen-bond donors (Lipinski definition) is 2. The molecule has 0 saturated carbocycles. The first-order valence-electron chi connectivity index (χ1n) is 8.58. The molecular weight excluding hydrogens is 357 g/mol. The van der Waals surface area contributed by atoms with Crippen LogP contribution in [0.5, 0.6) is 0 Å². The predicted octanol–water partition coefficient (Wildman–Crippen LogP) is 3.94. The summed E-state index contributed by atoms with van der Waals surface area (Å²) in [4.78, 5) is 27.9. The zero-order valence-corrected chi connectivity index (χ0v) is 15.0. The summed E-state index contributed by atoms with van der Waals surface area (Å²) in [7, 11) is 0. The van der Waals surface area contributed by atoms with Crippen LogP contribution in [0.15, 0.2) is 79.5 Å². The van der Waals surface area contributed by atoms with E-state index in [4.69, 9.17) is 0 Å². The van der Waals surface area contributed by atoms with Gasteiger partial charge in [0.05, 0.1) is 5.69 Å². The summed E-state index contributed by atoms with van der Waals surface area (Å²) < 4.78 is 12.9. The second kappa shape index (κ2) is 8.73. The van der Waals surface area contributed by atoms with Gasteiger partial charge in [-0.1, -0.05) is 24.8 Å². The molecule has 0 fully saturated rings. The highest BCUT2D eigenvalue weighted by Crippen LogP contribution is 2.19. The Kier molecular flexibility index (Phi) is 5.91. The van der Waals surface area contributed by atoms with Gasteiger partial charge in [-0.25, -0.2) is 4.39 Å². The SMILES string of the molecule is C=CC(=O)NCc1ccc(-c2ccc(C(=O)Nc3ccc(F)cc3)cc2)nc1. The van der Waals surface area contributed by atoms with Gasteiger partial charge < -0.3 is 10.6 Å². The van der Waals surface area contributed by atoms with Crippen LogP contribution in [0.4, 0.5) is 10.1 Å². The highest BCUT2D eigenvalue weighted by molar-refractivity contribution is 6.04. The maximum Gasteiger partial charge on any atom is 0.255 e. The van der Waals surface area contributed by atoms with Gasteiger partial charge >= 0.3 is 0 Å². The Morgan fingerprint density at radius 3 is 2.32 bits per heavy atom. The van der Waals surface area contributed by atoms with E-state index in [9.17, 15) is 14.0 Å². The van der Waals surface area contributed by atoms with E-state index in [2.05, 4.69) is 22.2 Å². The van der Waals surface area contributed by atoms with Gasteiger partial charge in [0.2, 0.25) is 5.91 Å². The molecule has 0 spiro atoms. The van der Waals surface area contributed by atoms with Gasteiger partial charge in [-0.3, -0.25) is 14.6 Å². The number of halogens is 1. The van der Waals surface area contributed by atoms with Gasteiger partial charge in [0.25, 0.3) is 5.91 Å². The van der Waals surface area contributed by atoms with Crippen molar-refractivity contribution in [2.75, 3.05) is 5.32 Å². The zero-order valence-electron chi connectivity index (χ0n) is 15.0. The van der Waals surface area contributed by atoms with Crippen LogP contribution >= 0.6 is 0 Å². The first-order chi connectivity index (χ1) is 13.5. The van der Waals surface area contributed by atoms with Crippen LogP contribution in [0.3, 0.4) is 0 Å². The van der Waals surface area contributed by atoms with Crippen LogP contribution in [0.1, 0.15) is 15.9 Å². The molecule has 0 radical (unpaired) electrons. The van der Waals surface area contributed by atoms with E-state index in [-0.39, 0.29) is 17.6 Å². The molecule has 0 aliphatic heterocycles. The van der Waals surface area contributed by atoms with E-state index in [1.807, 2.05) is 12.1 Å². The molecule has 140 valence electrons. The van der Waals surface area contributed by atoms with Gasteiger partial charge in [0.1, 0.15) is 5.82 Å². The Morgan fingerprint density at radius 1 is 1.00 bits per heavy atom. The Bertz CT molecular complexity index is 982. The number of pyridine rings is 1. The Labute approximate surface area is 161 Å². The van der Waals surface area contributed by atoms with Crippen molar-refractivity contribution in [2.24, 2.45) is 0 Å². The number of aromatic nitrogens is 1. The maximum atomic E-state index is 12.9. The van der Waals surface area contributed by atoms with E-state index >= 15 is 0 Å². The quantitative estimate of drug-likeness (QED) is 0.641. The van der Waals surface area contributed by atoms with Crippen molar-refractivity contribution in [2.45, 2.75) is 6.54 Å². The summed E-state index contributed by atoms with van der Waals surface area (Å²) in [6.45, 7) is 3.78. The average Bonchev–Trinajstić information content (AvgIpc) is 2.74. The van der Waals surface area contributed by atoms with Crippen molar-refractivity contribution in [3.05, 3.63) is 96.5 Å². The summed E-state index contributed by atoms with van der Waals surface area (Å²) in [5.41, 5.74) is 3.49. The number of benzene rings is 2. The fourth-order valence-corrected chi connectivity index (χ4v) is 2.49. The van der Waals surface area contributed by atoms with Crippen molar-refractivity contribution < 1.29 is 14.0 Å². The van der Waals surface area contributed by atoms with Crippen LogP contribution in [-0.2, 0) is 11.3 Å². The number of rotatable bonds is 6. The third-order valence-corrected chi connectivity index (χ3v) is 4.02. The summed E-state index contributed by atoms with van der Waals surface area (Å²) in [5.74, 6) is -0.873. The topological polar surface area (TPSA) is 71.1 Å². The minimum Gasteiger partial charge on any atom is -0.348 e. The van der Waals surface area contributed by atoms with Crippen LogP contribution < -0.4 is 10.6 Å². The van der Waals surface area contributed by atoms with Gasteiger partial charge in [0.15, 0.2) is 0 Å². The van der Waals surface area contributed by atoms with E-state index in [0.717, 1.165) is 16.8 Å². The molecule has 2 amide bonds. The molecule has 28 heavy (non-hydrogen) atoms. The molecule has 0 bridgehead atoms. The smallest absolute Gasteiger partial charge is 0.255 e. The molecule has 3 rings (SSSR count). The van der Waals surface area contributed by atoms with Crippen molar-refractivity contribution in [3.8, 4) is 11.3 Å².